The monoisotopic (exact) mass is 359 g/mol. The average Bonchev–Trinajstić information content (AvgIpc) is 3.14. The largest absolute Gasteiger partial charge is 0.387 e. The van der Waals surface area contributed by atoms with E-state index in [-0.39, 0.29) is 0 Å². The summed E-state index contributed by atoms with van der Waals surface area (Å²) in [7, 11) is 0. The van der Waals surface area contributed by atoms with Crippen LogP contribution in [0.2, 0.25) is 0 Å². The summed E-state index contributed by atoms with van der Waals surface area (Å²) in [6.07, 6.45) is 4.79. The number of guanidine groups is 1. The van der Waals surface area contributed by atoms with Crippen LogP contribution in [0.4, 0.5) is 0 Å². The van der Waals surface area contributed by atoms with Crippen LogP contribution < -0.4 is 10.6 Å². The molecule has 0 aliphatic carbocycles. The molecule has 0 aliphatic heterocycles. The third-order valence-corrected chi connectivity index (χ3v) is 4.27. The van der Waals surface area contributed by atoms with Crippen LogP contribution in [0.1, 0.15) is 62.7 Å². The lowest BCUT2D eigenvalue weighted by Crippen LogP contribution is -2.39. The van der Waals surface area contributed by atoms with E-state index in [4.69, 9.17) is 4.52 Å². The molecule has 0 spiro atoms. The van der Waals surface area contributed by atoms with E-state index < -0.39 is 6.10 Å². The summed E-state index contributed by atoms with van der Waals surface area (Å²) < 4.78 is 5.40. The molecule has 0 radical (unpaired) electrons. The molecular weight excluding hydrogens is 330 g/mol. The first-order chi connectivity index (χ1) is 12.7. The van der Waals surface area contributed by atoms with Gasteiger partial charge in [0.1, 0.15) is 6.54 Å². The van der Waals surface area contributed by atoms with E-state index in [1.54, 1.807) is 24.5 Å². The number of aliphatic hydroxyl groups excluding tert-OH is 1. The molecule has 0 amide bonds. The summed E-state index contributed by atoms with van der Waals surface area (Å²) in [5.41, 5.74) is 1.81. The van der Waals surface area contributed by atoms with Gasteiger partial charge in [-0.25, -0.2) is 4.99 Å². The van der Waals surface area contributed by atoms with Crippen molar-refractivity contribution in [2.75, 3.05) is 13.1 Å². The van der Waals surface area contributed by atoms with Gasteiger partial charge < -0.3 is 20.3 Å². The van der Waals surface area contributed by atoms with Gasteiger partial charge in [0.05, 0.1) is 11.8 Å². The Morgan fingerprint density at radius 2 is 1.92 bits per heavy atom. The van der Waals surface area contributed by atoms with E-state index in [0.29, 0.717) is 25.0 Å². The Balaban J connectivity index is 1.94. The second-order valence-electron chi connectivity index (χ2n) is 6.10. The summed E-state index contributed by atoms with van der Waals surface area (Å²) in [6.45, 7) is 7.78. The smallest absolute Gasteiger partial charge is 0.191 e. The summed E-state index contributed by atoms with van der Waals surface area (Å²) in [4.78, 5) is 8.47. The highest BCUT2D eigenvalue weighted by molar-refractivity contribution is 5.79. The number of aliphatic imine (C=N–C) groups is 1. The van der Waals surface area contributed by atoms with E-state index >= 15 is 0 Å². The van der Waals surface area contributed by atoms with Crippen LogP contribution in [0.3, 0.4) is 0 Å². The highest BCUT2D eigenvalue weighted by Gasteiger charge is 2.13. The van der Waals surface area contributed by atoms with E-state index in [1.807, 2.05) is 13.0 Å². The van der Waals surface area contributed by atoms with Crippen molar-refractivity contribution in [2.24, 2.45) is 4.99 Å². The number of hydrogen-bond acceptors (Lipinski definition) is 5. The van der Waals surface area contributed by atoms with Gasteiger partial charge in [-0.1, -0.05) is 19.0 Å². The number of hydrogen-bond donors (Lipinski definition) is 3. The van der Waals surface area contributed by atoms with Gasteiger partial charge in [0.25, 0.3) is 0 Å². The van der Waals surface area contributed by atoms with Crippen LogP contribution in [-0.2, 0) is 6.54 Å². The molecule has 2 rings (SSSR count). The fourth-order valence-electron chi connectivity index (χ4n) is 2.70. The fraction of sp³-hybridized carbons (Fsp3) is 0.526. The number of pyridine rings is 1. The molecule has 1 atom stereocenters. The van der Waals surface area contributed by atoms with Crippen molar-refractivity contribution < 1.29 is 9.63 Å². The lowest BCUT2D eigenvalue weighted by atomic mass is 9.99. The molecule has 2 aromatic rings. The molecule has 7 heteroatoms. The van der Waals surface area contributed by atoms with E-state index in [9.17, 15) is 5.11 Å². The van der Waals surface area contributed by atoms with Crippen LogP contribution in [0.15, 0.2) is 40.1 Å². The molecular formula is C19H29N5O2. The molecule has 0 saturated carbocycles. The zero-order valence-corrected chi connectivity index (χ0v) is 15.8. The van der Waals surface area contributed by atoms with E-state index in [0.717, 1.165) is 36.4 Å². The predicted octanol–water partition coefficient (Wildman–Crippen LogP) is 2.76. The number of rotatable bonds is 9. The average molecular weight is 359 g/mol. The van der Waals surface area contributed by atoms with Gasteiger partial charge in [0.2, 0.25) is 0 Å². The molecule has 142 valence electrons. The topological polar surface area (TPSA) is 95.6 Å². The van der Waals surface area contributed by atoms with Gasteiger partial charge in [0.15, 0.2) is 11.7 Å². The Hall–Kier alpha value is -2.41. The minimum Gasteiger partial charge on any atom is -0.387 e. The predicted molar refractivity (Wildman–Crippen MR) is 102 cm³/mol. The highest BCUT2D eigenvalue weighted by Crippen LogP contribution is 2.22. The summed E-state index contributed by atoms with van der Waals surface area (Å²) in [5.74, 6) is 1.79. The molecule has 26 heavy (non-hydrogen) atoms. The molecule has 0 bridgehead atoms. The van der Waals surface area contributed by atoms with E-state index in [1.165, 1.54) is 0 Å². The highest BCUT2D eigenvalue weighted by atomic mass is 16.5. The Bertz CT molecular complexity index is 668. The minimum absolute atomic E-state index is 0.352. The Morgan fingerprint density at radius 3 is 2.58 bits per heavy atom. The van der Waals surface area contributed by atoms with Gasteiger partial charge in [0, 0.05) is 37.5 Å². The van der Waals surface area contributed by atoms with Crippen molar-refractivity contribution in [2.45, 2.75) is 52.2 Å². The maximum atomic E-state index is 10.2. The first kappa shape index (κ1) is 19.9. The first-order valence-electron chi connectivity index (χ1n) is 9.23. The Kier molecular flexibility index (Phi) is 8.08. The standard InChI is InChI=1S/C19H29N5O2/c1-4-14(5-2)17-11-16(26-24-17)12-22-19(21-6-3)23-13-18(25)15-7-9-20-10-8-15/h7-11,14,18,25H,4-6,12-13H2,1-3H3,(H2,21,22,23). The van der Waals surface area contributed by atoms with Crippen LogP contribution in [0.5, 0.6) is 0 Å². The van der Waals surface area contributed by atoms with Crippen LogP contribution in [-0.4, -0.2) is 34.3 Å². The fourth-order valence-corrected chi connectivity index (χ4v) is 2.70. The molecule has 0 aliphatic rings. The first-order valence-corrected chi connectivity index (χ1v) is 9.23. The SMILES string of the molecule is CCNC(=NCc1cc(C(CC)CC)no1)NCC(O)c1ccncc1. The quantitative estimate of drug-likeness (QED) is 0.471. The van der Waals surface area contributed by atoms with Gasteiger partial charge in [-0.15, -0.1) is 0 Å². The lowest BCUT2D eigenvalue weighted by molar-refractivity contribution is 0.180. The maximum Gasteiger partial charge on any atom is 0.191 e. The molecule has 2 aromatic heterocycles. The zero-order chi connectivity index (χ0) is 18.8. The van der Waals surface area contributed by atoms with Gasteiger partial charge in [-0.2, -0.15) is 0 Å². The van der Waals surface area contributed by atoms with Gasteiger partial charge in [-0.05, 0) is 37.5 Å². The summed E-state index contributed by atoms with van der Waals surface area (Å²) >= 11 is 0. The summed E-state index contributed by atoms with van der Waals surface area (Å²) in [5, 5.41) is 20.7. The van der Waals surface area contributed by atoms with Crippen molar-refractivity contribution in [3.63, 3.8) is 0 Å². The summed E-state index contributed by atoms with van der Waals surface area (Å²) in [6, 6.07) is 5.57. The van der Waals surface area contributed by atoms with Crippen molar-refractivity contribution in [1.29, 1.82) is 0 Å². The van der Waals surface area contributed by atoms with Gasteiger partial charge in [-0.3, -0.25) is 4.98 Å². The van der Waals surface area contributed by atoms with Crippen molar-refractivity contribution in [1.82, 2.24) is 20.8 Å². The van der Waals surface area contributed by atoms with Crippen LogP contribution >= 0.6 is 0 Å². The molecule has 1 unspecified atom stereocenters. The number of aliphatic hydroxyl groups is 1. The number of nitrogens with one attached hydrogen (secondary N) is 2. The van der Waals surface area contributed by atoms with E-state index in [2.05, 4.69) is 39.6 Å². The molecule has 2 heterocycles. The van der Waals surface area contributed by atoms with Crippen molar-refractivity contribution >= 4 is 5.96 Å². The molecule has 0 saturated heterocycles. The lowest BCUT2D eigenvalue weighted by Gasteiger charge is -2.15. The zero-order valence-electron chi connectivity index (χ0n) is 15.8. The molecule has 7 nitrogen and oxygen atoms in total. The minimum atomic E-state index is -0.631. The third-order valence-electron chi connectivity index (χ3n) is 4.27. The van der Waals surface area contributed by atoms with Crippen molar-refractivity contribution in [3.8, 4) is 0 Å². The molecule has 3 N–H and O–H groups in total. The third kappa shape index (κ3) is 5.84. The van der Waals surface area contributed by atoms with Gasteiger partial charge >= 0.3 is 0 Å². The van der Waals surface area contributed by atoms with Crippen LogP contribution in [0, 0.1) is 0 Å². The normalized spacial score (nSPS) is 13.0. The Labute approximate surface area is 154 Å². The second-order valence-corrected chi connectivity index (χ2v) is 6.10. The number of nitrogens with zero attached hydrogens (tertiary/aromatic N) is 3. The molecule has 0 fully saturated rings. The van der Waals surface area contributed by atoms with Crippen molar-refractivity contribution in [3.05, 3.63) is 47.6 Å². The maximum absolute atomic E-state index is 10.2. The second kappa shape index (κ2) is 10.6. The molecule has 0 aromatic carbocycles. The number of aromatic nitrogens is 2. The Morgan fingerprint density at radius 1 is 1.19 bits per heavy atom. The van der Waals surface area contributed by atoms with Crippen LogP contribution in [0.25, 0.3) is 0 Å².